The largest absolute Gasteiger partial charge is 0.478 e. The van der Waals surface area contributed by atoms with Crippen LogP contribution in [-0.2, 0) is 15.6 Å². The Morgan fingerprint density at radius 3 is 2.24 bits per heavy atom. The van der Waals surface area contributed by atoms with Crippen LogP contribution in [0.1, 0.15) is 57.2 Å². The molecule has 1 aliphatic rings. The molecule has 25 heavy (non-hydrogen) atoms. The fraction of sp³-hybridized carbons (Fsp3) is 0.348. The first kappa shape index (κ1) is 17.5. The molecule has 130 valence electrons. The number of hydrogen-bond acceptors (Lipinski definition) is 1. The van der Waals surface area contributed by atoms with E-state index in [-0.39, 0.29) is 10.8 Å². The zero-order valence-corrected chi connectivity index (χ0v) is 15.5. The van der Waals surface area contributed by atoms with E-state index in [1.54, 1.807) is 6.08 Å². The van der Waals surface area contributed by atoms with Crippen LogP contribution >= 0.6 is 0 Å². The van der Waals surface area contributed by atoms with Gasteiger partial charge in [-0.3, -0.25) is 0 Å². The van der Waals surface area contributed by atoms with Crippen molar-refractivity contribution in [2.24, 2.45) is 0 Å². The molecule has 0 radical (unpaired) electrons. The third-order valence-electron chi connectivity index (χ3n) is 5.49. The third-order valence-corrected chi connectivity index (χ3v) is 5.49. The van der Waals surface area contributed by atoms with E-state index in [0.29, 0.717) is 0 Å². The lowest BCUT2D eigenvalue weighted by atomic mass is 9.63. The summed E-state index contributed by atoms with van der Waals surface area (Å²) in [5.41, 5.74) is 6.50. The molecule has 0 spiro atoms. The summed E-state index contributed by atoms with van der Waals surface area (Å²) in [6, 6.07) is 14.8. The van der Waals surface area contributed by atoms with Crippen molar-refractivity contribution < 1.29 is 9.90 Å². The van der Waals surface area contributed by atoms with Crippen LogP contribution in [0.25, 0.3) is 17.2 Å². The van der Waals surface area contributed by atoms with Crippen molar-refractivity contribution in [3.05, 3.63) is 65.2 Å². The van der Waals surface area contributed by atoms with Gasteiger partial charge in [-0.25, -0.2) is 4.79 Å². The van der Waals surface area contributed by atoms with Gasteiger partial charge in [-0.2, -0.15) is 0 Å². The summed E-state index contributed by atoms with van der Waals surface area (Å²) in [5.74, 6) is -0.928. The number of benzene rings is 2. The number of carboxylic acid groups (broad SMARTS) is 1. The predicted molar refractivity (Wildman–Crippen MR) is 104 cm³/mol. The van der Waals surface area contributed by atoms with Crippen molar-refractivity contribution in [2.45, 2.75) is 51.4 Å². The van der Waals surface area contributed by atoms with E-state index < -0.39 is 5.97 Å². The number of aliphatic carboxylic acids is 1. The van der Waals surface area contributed by atoms with Crippen LogP contribution in [0.3, 0.4) is 0 Å². The second-order valence-corrected chi connectivity index (χ2v) is 8.33. The highest BCUT2D eigenvalue weighted by Gasteiger charge is 2.36. The van der Waals surface area contributed by atoms with E-state index in [1.807, 2.05) is 18.2 Å². The summed E-state index contributed by atoms with van der Waals surface area (Å²) in [6.07, 6.45) is 5.22. The van der Waals surface area contributed by atoms with Crippen LogP contribution < -0.4 is 0 Å². The minimum atomic E-state index is -0.928. The van der Waals surface area contributed by atoms with Crippen LogP contribution in [-0.4, -0.2) is 11.1 Å². The first-order chi connectivity index (χ1) is 11.7. The summed E-state index contributed by atoms with van der Waals surface area (Å²) in [4.78, 5) is 10.7. The van der Waals surface area contributed by atoms with Crippen molar-refractivity contribution in [2.75, 3.05) is 0 Å². The van der Waals surface area contributed by atoms with Crippen LogP contribution in [0.15, 0.2) is 48.5 Å². The molecule has 3 rings (SSSR count). The molecule has 2 nitrogen and oxygen atoms in total. The minimum absolute atomic E-state index is 0.182. The summed E-state index contributed by atoms with van der Waals surface area (Å²) in [6.45, 7) is 9.32. The smallest absolute Gasteiger partial charge is 0.328 e. The number of rotatable bonds is 3. The van der Waals surface area contributed by atoms with Crippen molar-refractivity contribution >= 4 is 12.0 Å². The fourth-order valence-electron chi connectivity index (χ4n) is 3.76. The maximum Gasteiger partial charge on any atom is 0.328 e. The highest BCUT2D eigenvalue weighted by Crippen LogP contribution is 2.46. The van der Waals surface area contributed by atoms with E-state index in [9.17, 15) is 4.79 Å². The maximum absolute atomic E-state index is 10.7. The van der Waals surface area contributed by atoms with Crippen LogP contribution in [0.2, 0.25) is 0 Å². The van der Waals surface area contributed by atoms with Crippen LogP contribution in [0, 0.1) is 0 Å². The molecule has 2 aromatic rings. The average Bonchev–Trinajstić information content (AvgIpc) is 2.57. The molecule has 0 fully saturated rings. The first-order valence-electron chi connectivity index (χ1n) is 8.85. The second-order valence-electron chi connectivity index (χ2n) is 8.33. The van der Waals surface area contributed by atoms with Crippen molar-refractivity contribution in [3.8, 4) is 11.1 Å². The molecule has 0 amide bonds. The van der Waals surface area contributed by atoms with Gasteiger partial charge in [-0.05, 0) is 63.6 Å². The maximum atomic E-state index is 10.7. The van der Waals surface area contributed by atoms with Gasteiger partial charge in [0.05, 0.1) is 0 Å². The molecular formula is C23H26O2. The zero-order chi connectivity index (χ0) is 18.2. The Labute approximate surface area is 150 Å². The molecule has 1 aliphatic carbocycles. The summed E-state index contributed by atoms with van der Waals surface area (Å²) >= 11 is 0. The van der Waals surface area contributed by atoms with Gasteiger partial charge in [-0.1, -0.05) is 64.1 Å². The fourth-order valence-corrected chi connectivity index (χ4v) is 3.76. The summed E-state index contributed by atoms with van der Waals surface area (Å²) < 4.78 is 0. The van der Waals surface area contributed by atoms with Gasteiger partial charge in [0.25, 0.3) is 0 Å². The van der Waals surface area contributed by atoms with E-state index in [0.717, 1.165) is 11.1 Å². The summed E-state index contributed by atoms with van der Waals surface area (Å²) in [5, 5.41) is 8.81. The Morgan fingerprint density at radius 2 is 1.56 bits per heavy atom. The van der Waals surface area contributed by atoms with Gasteiger partial charge < -0.3 is 5.11 Å². The molecule has 2 aromatic carbocycles. The number of carbonyl (C=O) groups is 1. The molecule has 2 heteroatoms. The van der Waals surface area contributed by atoms with E-state index >= 15 is 0 Å². The molecule has 0 aliphatic heterocycles. The monoisotopic (exact) mass is 334 g/mol. The molecule has 1 N–H and O–H groups in total. The molecule has 0 bridgehead atoms. The molecule has 0 aromatic heterocycles. The molecular weight excluding hydrogens is 308 g/mol. The lowest BCUT2D eigenvalue weighted by Crippen LogP contribution is -2.33. The predicted octanol–water partition coefficient (Wildman–Crippen LogP) is 5.80. The van der Waals surface area contributed by atoms with Crippen molar-refractivity contribution in [3.63, 3.8) is 0 Å². The molecule has 0 atom stereocenters. The van der Waals surface area contributed by atoms with Gasteiger partial charge in [0.2, 0.25) is 0 Å². The van der Waals surface area contributed by atoms with Gasteiger partial charge in [0.1, 0.15) is 0 Å². The standard InChI is InChI=1S/C23H26O2/c1-22(2)12-13-23(3,4)20-15-18(9-10-19(20)22)17-7-5-6-16(14-17)8-11-21(24)25/h5-11,14-15H,12-13H2,1-4H3,(H,24,25)/b11-8+. The Bertz CT molecular complexity index is 841. The lowest BCUT2D eigenvalue weighted by molar-refractivity contribution is -0.131. The summed E-state index contributed by atoms with van der Waals surface area (Å²) in [7, 11) is 0. The van der Waals surface area contributed by atoms with Crippen LogP contribution in [0.5, 0.6) is 0 Å². The Hall–Kier alpha value is -2.35. The van der Waals surface area contributed by atoms with Gasteiger partial charge >= 0.3 is 5.97 Å². The highest BCUT2D eigenvalue weighted by molar-refractivity contribution is 5.85. The van der Waals surface area contributed by atoms with Crippen molar-refractivity contribution in [1.29, 1.82) is 0 Å². The van der Waals surface area contributed by atoms with Crippen molar-refractivity contribution in [1.82, 2.24) is 0 Å². The Morgan fingerprint density at radius 1 is 0.920 bits per heavy atom. The SMILES string of the molecule is CC1(C)CCC(C)(C)c2cc(-c3cccc(/C=C/C(=O)O)c3)ccc21. The molecule has 0 saturated carbocycles. The van der Waals surface area contributed by atoms with E-state index in [2.05, 4.69) is 52.0 Å². The Balaban J connectivity index is 2.05. The average molecular weight is 334 g/mol. The lowest BCUT2D eigenvalue weighted by Gasteiger charge is -2.42. The number of hydrogen-bond donors (Lipinski definition) is 1. The van der Waals surface area contributed by atoms with Crippen LogP contribution in [0.4, 0.5) is 0 Å². The third kappa shape index (κ3) is 3.53. The minimum Gasteiger partial charge on any atom is -0.478 e. The number of carboxylic acids is 1. The Kier molecular flexibility index (Phi) is 4.32. The molecule has 0 saturated heterocycles. The highest BCUT2D eigenvalue weighted by atomic mass is 16.4. The van der Waals surface area contributed by atoms with E-state index in [1.165, 1.54) is 35.6 Å². The first-order valence-corrected chi connectivity index (χ1v) is 8.85. The number of fused-ring (bicyclic) bond motifs is 1. The second kappa shape index (κ2) is 6.18. The molecule has 0 unspecified atom stereocenters. The zero-order valence-electron chi connectivity index (χ0n) is 15.5. The topological polar surface area (TPSA) is 37.3 Å². The quantitative estimate of drug-likeness (QED) is 0.720. The molecule has 0 heterocycles. The van der Waals surface area contributed by atoms with Gasteiger partial charge in [0.15, 0.2) is 0 Å². The van der Waals surface area contributed by atoms with Gasteiger partial charge in [-0.15, -0.1) is 0 Å². The van der Waals surface area contributed by atoms with Gasteiger partial charge in [0, 0.05) is 6.08 Å². The van der Waals surface area contributed by atoms with E-state index in [4.69, 9.17) is 5.11 Å². The normalized spacial score (nSPS) is 18.1.